The van der Waals surface area contributed by atoms with E-state index in [1.165, 1.54) is 143 Å². The van der Waals surface area contributed by atoms with E-state index in [0.29, 0.717) is 52.4 Å². The summed E-state index contributed by atoms with van der Waals surface area (Å²) in [5.41, 5.74) is 39.3. The highest BCUT2D eigenvalue weighted by molar-refractivity contribution is 6.19. The average Bonchev–Trinajstić information content (AvgIpc) is 1.54. The Kier molecular flexibility index (Phi) is 21.7. The highest BCUT2D eigenvalue weighted by Crippen LogP contribution is 2.58. The van der Waals surface area contributed by atoms with Crippen LogP contribution in [0.4, 0.5) is 0 Å². The zero-order valence-electron chi connectivity index (χ0n) is 83.6. The molecule has 12 heteroatoms. The van der Waals surface area contributed by atoms with Gasteiger partial charge in [0.05, 0.1) is 33.1 Å². The maximum Gasteiger partial charge on any atom is 0.164 e. The Morgan fingerprint density at radius 1 is 0.147 bits per heavy atom. The van der Waals surface area contributed by atoms with Gasteiger partial charge in [0.1, 0.15) is 0 Å². The van der Waals surface area contributed by atoms with Gasteiger partial charge in [-0.1, -0.05) is 472 Å². The van der Waals surface area contributed by atoms with Crippen LogP contribution in [0.3, 0.4) is 0 Å². The maximum absolute atomic E-state index is 5.12. The molecule has 3 aliphatic rings. The molecule has 12 nitrogen and oxygen atoms in total. The van der Waals surface area contributed by atoms with E-state index < -0.39 is 0 Å². The number of fused-ring (bicyclic) bond motifs is 21. The zero-order chi connectivity index (χ0) is 100. The lowest BCUT2D eigenvalue weighted by Crippen LogP contribution is -2.14. The Balaban J connectivity index is 0.000000111. The highest BCUT2D eigenvalue weighted by Gasteiger charge is 2.42. The van der Waals surface area contributed by atoms with Gasteiger partial charge in [0, 0.05) is 132 Å². The minimum Gasteiger partial charge on any atom is -0.309 e. The molecule has 0 spiro atoms. The SMILES string of the molecule is CC1(C)c2ccccc2-c2c1ccc1c3ccc(-c4ccccc4)cc3n(-c3cccc(-c4nc(-c5ccccc5)nc(-c5ccccc5)n4)c3)c21.CC1(C)c2ccccc2-c2c1ccc1c3ccccc3n(-c3cccc(-c4nc(-c5ccccc5)nc(-c5ccc(-c6ccccc6)cc5)n4)c3)c21.CC1(C)c2ccccc2-c2c1ccc1c3ccccc3n(-c3cccc(-c4nc(-c5ccccc5)nc(-c5ccccc5)n4)c3)c21. The molecule has 0 bridgehead atoms. The first-order chi connectivity index (χ1) is 73.7. The number of benzene rings is 20. The molecule has 20 aromatic carbocycles. The van der Waals surface area contributed by atoms with Gasteiger partial charge in [-0.2, -0.15) is 0 Å². The third kappa shape index (κ3) is 15.2. The molecule has 0 fully saturated rings. The number of rotatable bonds is 14. The summed E-state index contributed by atoms with van der Waals surface area (Å²) >= 11 is 0. The summed E-state index contributed by atoms with van der Waals surface area (Å²) in [4.78, 5) is 45.2. The standard InChI is InChI=1S/2C48H34N4.C42H30N4/c1-48(2)40-24-13-12-23-39(40)43-41(48)28-27-38-37-26-25-34(31-15-6-3-7-16-31)30-42(37)52(44(38)43)36-22-14-21-35(29-36)47-50-45(32-17-8-4-9-18-32)49-46(51-47)33-19-10-5-11-20-33;1-48(2)40-22-11-9-21-39(40)43-41(48)29-28-38-37-20-10-12-23-42(37)52(44(38)43)36-19-13-18-35(30-36)47-50-45(33-16-7-4-8-17-33)49-46(51-47)34-26-24-32(25-27-34)31-14-5-3-6-15-31;1-42(2)34-22-11-9-21-33(34)37-35(42)25-24-32-31-20-10-12-23-36(31)46(38(32)37)30-19-13-18-29(26-30)41-44-39(27-14-5-3-6-15-27)43-40(45-41)28-16-7-4-8-17-28/h2*3-30H,1-2H3;3-26H,1-2H3. The van der Waals surface area contributed by atoms with E-state index in [-0.39, 0.29) is 16.2 Å². The topological polar surface area (TPSA) is 131 Å². The van der Waals surface area contributed by atoms with Gasteiger partial charge in [-0.05, 0) is 127 Å². The van der Waals surface area contributed by atoms with Crippen molar-refractivity contribution < 1.29 is 0 Å². The fourth-order valence-corrected chi connectivity index (χ4v) is 23.4. The highest BCUT2D eigenvalue weighted by atomic mass is 15.1. The largest absolute Gasteiger partial charge is 0.309 e. The molecule has 0 unspecified atom stereocenters. The number of para-hydroxylation sites is 2. The first-order valence-corrected chi connectivity index (χ1v) is 51.3. The van der Waals surface area contributed by atoms with Crippen LogP contribution in [0, 0.1) is 0 Å². The third-order valence-electron chi connectivity index (χ3n) is 30.7. The van der Waals surface area contributed by atoms with E-state index in [0.717, 1.165) is 78.2 Å². The monoisotopic (exact) mass is 1920 g/mol. The first kappa shape index (κ1) is 89.7. The summed E-state index contributed by atoms with van der Waals surface area (Å²) in [5.74, 6) is 5.81. The van der Waals surface area contributed by atoms with E-state index in [1.807, 2.05) is 146 Å². The van der Waals surface area contributed by atoms with Crippen molar-refractivity contribution in [3.63, 3.8) is 0 Å². The molecule has 0 saturated carbocycles. The molecule has 0 aliphatic heterocycles. The van der Waals surface area contributed by atoms with Crippen molar-refractivity contribution >= 4 is 65.4 Å². The molecular formula is C138H98N12. The zero-order valence-corrected chi connectivity index (χ0v) is 83.6. The quantitative estimate of drug-likeness (QED) is 0.104. The van der Waals surface area contributed by atoms with Crippen LogP contribution in [-0.2, 0) is 16.2 Å². The van der Waals surface area contributed by atoms with Crippen molar-refractivity contribution in [3.05, 3.63) is 519 Å². The van der Waals surface area contributed by atoms with Crippen LogP contribution in [0.25, 0.3) is 241 Å². The molecule has 710 valence electrons. The lowest BCUT2D eigenvalue weighted by molar-refractivity contribution is 0.660. The molecule has 0 N–H and O–H groups in total. The van der Waals surface area contributed by atoms with Gasteiger partial charge in [0.15, 0.2) is 52.4 Å². The van der Waals surface area contributed by atoms with E-state index in [9.17, 15) is 0 Å². The van der Waals surface area contributed by atoms with Gasteiger partial charge in [-0.3, -0.25) is 0 Å². The molecule has 150 heavy (non-hydrogen) atoms. The summed E-state index contributed by atoms with van der Waals surface area (Å²) in [5, 5.41) is 7.45. The minimum atomic E-state index is -0.120. The summed E-state index contributed by atoms with van der Waals surface area (Å²) < 4.78 is 7.34. The second-order valence-corrected chi connectivity index (χ2v) is 40.6. The van der Waals surface area contributed by atoms with Gasteiger partial charge in [-0.15, -0.1) is 0 Å². The van der Waals surface area contributed by atoms with Crippen molar-refractivity contribution in [1.29, 1.82) is 0 Å². The first-order valence-electron chi connectivity index (χ1n) is 51.3. The van der Waals surface area contributed by atoms with E-state index >= 15 is 0 Å². The smallest absolute Gasteiger partial charge is 0.164 e. The number of hydrogen-bond donors (Lipinski definition) is 0. The van der Waals surface area contributed by atoms with Crippen LogP contribution in [-0.4, -0.2) is 58.6 Å². The lowest BCUT2D eigenvalue weighted by atomic mass is 9.82. The summed E-state index contributed by atoms with van der Waals surface area (Å²) in [6.45, 7) is 14.1. The molecule has 29 rings (SSSR count). The van der Waals surface area contributed by atoms with E-state index in [4.69, 9.17) is 44.9 Å². The van der Waals surface area contributed by atoms with Crippen LogP contribution in [0.5, 0.6) is 0 Å². The number of hydrogen-bond acceptors (Lipinski definition) is 9. The Morgan fingerprint density at radius 3 is 0.673 bits per heavy atom. The molecule has 0 atom stereocenters. The van der Waals surface area contributed by atoms with Crippen molar-refractivity contribution in [3.8, 4) is 175 Å². The molecule has 26 aromatic rings. The normalized spacial score (nSPS) is 13.0. The Labute approximate surface area is 869 Å². The molecule has 6 heterocycles. The van der Waals surface area contributed by atoms with Gasteiger partial charge in [0.25, 0.3) is 0 Å². The van der Waals surface area contributed by atoms with Gasteiger partial charge < -0.3 is 13.7 Å². The Hall–Kier alpha value is -19.2. The van der Waals surface area contributed by atoms with E-state index in [2.05, 4.69) is 395 Å². The van der Waals surface area contributed by atoms with Crippen molar-refractivity contribution in [2.24, 2.45) is 0 Å². The fraction of sp³-hybridized carbons (Fsp3) is 0.0652. The predicted octanol–water partition coefficient (Wildman–Crippen LogP) is 34.2. The molecular weight excluding hydrogens is 1830 g/mol. The van der Waals surface area contributed by atoms with Crippen molar-refractivity contribution in [1.82, 2.24) is 58.6 Å². The van der Waals surface area contributed by atoms with Gasteiger partial charge >= 0.3 is 0 Å². The van der Waals surface area contributed by atoms with Gasteiger partial charge in [-0.25, -0.2) is 44.9 Å². The van der Waals surface area contributed by atoms with Crippen molar-refractivity contribution in [2.45, 2.75) is 57.8 Å². The van der Waals surface area contributed by atoms with E-state index in [1.54, 1.807) is 0 Å². The van der Waals surface area contributed by atoms with Crippen LogP contribution in [0.2, 0.25) is 0 Å². The third-order valence-corrected chi connectivity index (χ3v) is 30.7. The Morgan fingerprint density at radius 2 is 0.360 bits per heavy atom. The average molecular weight is 1920 g/mol. The maximum atomic E-state index is 5.12. The summed E-state index contributed by atoms with van der Waals surface area (Å²) in [6.07, 6.45) is 0. The van der Waals surface area contributed by atoms with Crippen LogP contribution in [0.1, 0.15) is 74.9 Å². The number of nitrogens with zero attached hydrogens (tertiary/aromatic N) is 12. The molecule has 0 radical (unpaired) electrons. The second kappa shape index (κ2) is 36.2. The fourth-order valence-electron chi connectivity index (χ4n) is 23.4. The number of aromatic nitrogens is 12. The molecule has 0 saturated heterocycles. The summed E-state index contributed by atoms with van der Waals surface area (Å²) in [7, 11) is 0. The molecule has 0 amide bonds. The minimum absolute atomic E-state index is 0.0875. The van der Waals surface area contributed by atoms with Crippen LogP contribution in [0.15, 0.2) is 485 Å². The van der Waals surface area contributed by atoms with Crippen LogP contribution >= 0.6 is 0 Å². The summed E-state index contributed by atoms with van der Waals surface area (Å²) in [6, 6.07) is 171. The Bertz CT molecular complexity index is 9710. The van der Waals surface area contributed by atoms with Crippen LogP contribution < -0.4 is 0 Å². The lowest BCUT2D eigenvalue weighted by Gasteiger charge is -2.21. The van der Waals surface area contributed by atoms with Crippen molar-refractivity contribution in [2.75, 3.05) is 0 Å². The predicted molar refractivity (Wildman–Crippen MR) is 615 cm³/mol. The molecule has 3 aliphatic carbocycles. The van der Waals surface area contributed by atoms with Gasteiger partial charge in [0.2, 0.25) is 0 Å². The molecule has 6 aromatic heterocycles. The second-order valence-electron chi connectivity index (χ2n) is 40.6.